The lowest BCUT2D eigenvalue weighted by atomic mass is 9.84. The molecule has 0 aromatic heterocycles. The number of amides is 1. The molecule has 3 atom stereocenters. The van der Waals surface area contributed by atoms with E-state index in [0.717, 1.165) is 25.7 Å². The topological polar surface area (TPSA) is 66.8 Å². The van der Waals surface area contributed by atoms with Crippen LogP contribution in [0.15, 0.2) is 24.3 Å². The standard InChI is InChI=1S/C17H21NO4/c1-22-15-9-5-3-7-12(15)16(19)18-13-8-4-2-6-11(13)10-14(18)17(20)21/h3,5,7,9,11,13-14H,2,4,6,8,10H2,1H3,(H,20,21)/t11-,13+,14+/m0/s1. The number of carboxylic acid groups (broad SMARTS) is 1. The first kappa shape index (κ1) is 14.9. The minimum atomic E-state index is -0.905. The highest BCUT2D eigenvalue weighted by Gasteiger charge is 2.48. The van der Waals surface area contributed by atoms with Crippen molar-refractivity contribution in [3.8, 4) is 5.75 Å². The summed E-state index contributed by atoms with van der Waals surface area (Å²) in [5.41, 5.74) is 0.447. The molecule has 5 heteroatoms. The van der Waals surface area contributed by atoms with Gasteiger partial charge in [-0.3, -0.25) is 4.79 Å². The molecule has 0 spiro atoms. The number of fused-ring (bicyclic) bond motifs is 1. The number of nitrogens with zero attached hydrogens (tertiary/aromatic N) is 1. The quantitative estimate of drug-likeness (QED) is 0.932. The zero-order chi connectivity index (χ0) is 15.7. The van der Waals surface area contributed by atoms with Crippen LogP contribution in [0, 0.1) is 5.92 Å². The molecule has 5 nitrogen and oxygen atoms in total. The molecule has 1 aromatic carbocycles. The minimum absolute atomic E-state index is 0.0484. The van der Waals surface area contributed by atoms with E-state index in [1.165, 1.54) is 7.11 Å². The van der Waals surface area contributed by atoms with Crippen molar-refractivity contribution in [3.63, 3.8) is 0 Å². The number of hydrogen-bond donors (Lipinski definition) is 1. The second kappa shape index (κ2) is 5.99. The molecule has 1 saturated carbocycles. The molecule has 1 amide bonds. The van der Waals surface area contributed by atoms with E-state index in [2.05, 4.69) is 0 Å². The van der Waals surface area contributed by atoms with Gasteiger partial charge in [0.1, 0.15) is 11.8 Å². The second-order valence-electron chi connectivity index (χ2n) is 6.11. The molecular weight excluding hydrogens is 282 g/mol. The second-order valence-corrected chi connectivity index (χ2v) is 6.11. The minimum Gasteiger partial charge on any atom is -0.496 e. The van der Waals surface area contributed by atoms with Gasteiger partial charge in [0.05, 0.1) is 12.7 Å². The molecule has 118 valence electrons. The Morgan fingerprint density at radius 1 is 1.23 bits per heavy atom. The number of hydrogen-bond acceptors (Lipinski definition) is 3. The van der Waals surface area contributed by atoms with Crippen molar-refractivity contribution in [1.29, 1.82) is 0 Å². The number of methoxy groups -OCH3 is 1. The fourth-order valence-electron chi connectivity index (χ4n) is 3.93. The van der Waals surface area contributed by atoms with Gasteiger partial charge in [0.15, 0.2) is 0 Å². The van der Waals surface area contributed by atoms with Gasteiger partial charge in [-0.05, 0) is 37.3 Å². The molecule has 1 heterocycles. The lowest BCUT2D eigenvalue weighted by Crippen LogP contribution is -2.46. The van der Waals surface area contributed by atoms with Gasteiger partial charge in [0, 0.05) is 6.04 Å². The fourth-order valence-corrected chi connectivity index (χ4v) is 3.93. The molecule has 2 aliphatic rings. The SMILES string of the molecule is COc1ccccc1C(=O)N1[C@@H](C(=O)O)C[C@@H]2CCCC[C@H]21. The van der Waals surface area contributed by atoms with Gasteiger partial charge in [-0.25, -0.2) is 4.79 Å². The van der Waals surface area contributed by atoms with E-state index >= 15 is 0 Å². The van der Waals surface area contributed by atoms with Crippen molar-refractivity contribution in [2.45, 2.75) is 44.2 Å². The summed E-state index contributed by atoms with van der Waals surface area (Å²) >= 11 is 0. The number of benzene rings is 1. The average molecular weight is 303 g/mol. The Hall–Kier alpha value is -2.04. The van der Waals surface area contributed by atoms with Crippen LogP contribution in [-0.4, -0.2) is 41.1 Å². The van der Waals surface area contributed by atoms with Crippen LogP contribution in [-0.2, 0) is 4.79 Å². The molecule has 0 unspecified atom stereocenters. The van der Waals surface area contributed by atoms with Crippen LogP contribution < -0.4 is 4.74 Å². The summed E-state index contributed by atoms with van der Waals surface area (Å²) in [7, 11) is 1.52. The van der Waals surface area contributed by atoms with Crippen molar-refractivity contribution in [3.05, 3.63) is 29.8 Å². The van der Waals surface area contributed by atoms with Crippen LogP contribution >= 0.6 is 0 Å². The van der Waals surface area contributed by atoms with Crippen LogP contribution in [0.5, 0.6) is 5.75 Å². The molecule has 0 radical (unpaired) electrons. The maximum Gasteiger partial charge on any atom is 0.326 e. The normalized spacial score (nSPS) is 27.3. The number of likely N-dealkylation sites (tertiary alicyclic amines) is 1. The number of carboxylic acids is 1. The summed E-state index contributed by atoms with van der Waals surface area (Å²) in [6, 6.07) is 6.35. The Kier molecular flexibility index (Phi) is 4.05. The van der Waals surface area contributed by atoms with E-state index in [0.29, 0.717) is 23.7 Å². The van der Waals surface area contributed by atoms with Crippen LogP contribution in [0.2, 0.25) is 0 Å². The monoisotopic (exact) mass is 303 g/mol. The molecule has 1 aliphatic carbocycles. The third-order valence-corrected chi connectivity index (χ3v) is 4.94. The van der Waals surface area contributed by atoms with E-state index in [9.17, 15) is 14.7 Å². The molecule has 3 rings (SSSR count). The van der Waals surface area contributed by atoms with Crippen molar-refractivity contribution >= 4 is 11.9 Å². The van der Waals surface area contributed by atoms with Crippen molar-refractivity contribution < 1.29 is 19.4 Å². The maximum atomic E-state index is 13.0. The largest absolute Gasteiger partial charge is 0.496 e. The Balaban J connectivity index is 1.95. The average Bonchev–Trinajstić information content (AvgIpc) is 2.94. The summed E-state index contributed by atoms with van der Waals surface area (Å²) in [6.07, 6.45) is 4.67. The highest BCUT2D eigenvalue weighted by molar-refractivity contribution is 5.99. The van der Waals surface area contributed by atoms with E-state index < -0.39 is 12.0 Å². The van der Waals surface area contributed by atoms with E-state index in [1.54, 1.807) is 29.2 Å². The Morgan fingerprint density at radius 2 is 1.95 bits per heavy atom. The van der Waals surface area contributed by atoms with Gasteiger partial charge in [0.2, 0.25) is 0 Å². The first-order valence-electron chi connectivity index (χ1n) is 7.82. The molecule has 1 aromatic rings. The number of ether oxygens (including phenoxy) is 1. The molecule has 1 N–H and O–H groups in total. The predicted octanol–water partition coefficient (Wildman–Crippen LogP) is 2.55. The third kappa shape index (κ3) is 2.45. The summed E-state index contributed by atoms with van der Waals surface area (Å²) < 4.78 is 5.26. The summed E-state index contributed by atoms with van der Waals surface area (Å²) in [4.78, 5) is 26.2. The van der Waals surface area contributed by atoms with Gasteiger partial charge in [-0.1, -0.05) is 25.0 Å². The molecule has 2 fully saturated rings. The molecule has 0 bridgehead atoms. The summed E-state index contributed by atoms with van der Waals surface area (Å²) in [5, 5.41) is 9.53. The van der Waals surface area contributed by atoms with Gasteiger partial charge >= 0.3 is 5.97 Å². The van der Waals surface area contributed by atoms with Crippen LogP contribution in [0.25, 0.3) is 0 Å². The smallest absolute Gasteiger partial charge is 0.326 e. The molecular formula is C17H21NO4. The lowest BCUT2D eigenvalue weighted by Gasteiger charge is -2.33. The predicted molar refractivity (Wildman–Crippen MR) is 81.0 cm³/mol. The lowest BCUT2D eigenvalue weighted by molar-refractivity contribution is -0.141. The maximum absolute atomic E-state index is 13.0. The number of carbonyl (C=O) groups excluding carboxylic acids is 1. The number of rotatable bonds is 3. The zero-order valence-electron chi connectivity index (χ0n) is 12.7. The van der Waals surface area contributed by atoms with Crippen molar-refractivity contribution in [2.75, 3.05) is 7.11 Å². The molecule has 1 aliphatic heterocycles. The highest BCUT2D eigenvalue weighted by atomic mass is 16.5. The van der Waals surface area contributed by atoms with Crippen LogP contribution in [0.1, 0.15) is 42.5 Å². The molecule has 1 saturated heterocycles. The van der Waals surface area contributed by atoms with E-state index in [4.69, 9.17) is 4.74 Å². The first-order valence-corrected chi connectivity index (χ1v) is 7.82. The van der Waals surface area contributed by atoms with E-state index in [-0.39, 0.29) is 11.9 Å². The third-order valence-electron chi connectivity index (χ3n) is 4.94. The Labute approximate surface area is 129 Å². The summed E-state index contributed by atoms with van der Waals surface area (Å²) in [6.45, 7) is 0. The fraction of sp³-hybridized carbons (Fsp3) is 0.529. The van der Waals surface area contributed by atoms with Gasteiger partial charge in [-0.2, -0.15) is 0 Å². The highest BCUT2D eigenvalue weighted by Crippen LogP contribution is 2.41. The zero-order valence-corrected chi connectivity index (χ0v) is 12.7. The van der Waals surface area contributed by atoms with Crippen molar-refractivity contribution in [2.24, 2.45) is 5.92 Å². The Bertz CT molecular complexity index is 586. The van der Waals surface area contributed by atoms with Gasteiger partial charge < -0.3 is 14.7 Å². The van der Waals surface area contributed by atoms with Crippen molar-refractivity contribution in [1.82, 2.24) is 4.90 Å². The summed E-state index contributed by atoms with van der Waals surface area (Å²) in [5.74, 6) is -0.318. The number of carbonyl (C=O) groups is 2. The van der Waals surface area contributed by atoms with Crippen LogP contribution in [0.3, 0.4) is 0 Å². The van der Waals surface area contributed by atoms with Gasteiger partial charge in [-0.15, -0.1) is 0 Å². The molecule has 22 heavy (non-hydrogen) atoms. The van der Waals surface area contributed by atoms with Crippen LogP contribution in [0.4, 0.5) is 0 Å². The van der Waals surface area contributed by atoms with E-state index in [1.807, 2.05) is 0 Å². The number of para-hydroxylation sites is 1. The van der Waals surface area contributed by atoms with Gasteiger partial charge in [0.25, 0.3) is 5.91 Å². The Morgan fingerprint density at radius 3 is 2.68 bits per heavy atom. The first-order chi connectivity index (χ1) is 10.6. The number of aliphatic carboxylic acids is 1.